The molecule has 0 aromatic rings. The molecule has 1 saturated heterocycles. The van der Waals surface area contributed by atoms with Crippen molar-refractivity contribution in [3.63, 3.8) is 0 Å². The number of halogens is 1. The second-order valence-electron chi connectivity index (χ2n) is 5.90. The summed E-state index contributed by atoms with van der Waals surface area (Å²) in [6, 6.07) is 0.0479. The first-order valence-electron chi connectivity index (χ1n) is 7.59. The van der Waals surface area contributed by atoms with Crippen LogP contribution < -0.4 is 5.73 Å². The lowest BCUT2D eigenvalue weighted by Gasteiger charge is -2.34. The average molecular weight is 341 g/mol. The van der Waals surface area contributed by atoms with E-state index in [-0.39, 0.29) is 41.8 Å². The molecule has 1 fully saturated rings. The Labute approximate surface area is 135 Å². The number of likely N-dealkylation sites (tertiary alicyclic amines) is 1. The number of nitrogens with two attached hydrogens (primary N) is 1. The highest BCUT2D eigenvalue weighted by atomic mass is 35.5. The van der Waals surface area contributed by atoms with Crippen LogP contribution in [0.5, 0.6) is 0 Å². The SMILES string of the molecule is CCCCCS(=O)(=O)CC(=O)N1CCCC(C(C)N)C1.Cl. The zero-order valence-electron chi connectivity index (χ0n) is 13.1. The second kappa shape index (κ2) is 9.64. The van der Waals surface area contributed by atoms with Gasteiger partial charge in [-0.3, -0.25) is 4.79 Å². The molecule has 1 aliphatic heterocycles. The summed E-state index contributed by atoms with van der Waals surface area (Å²) >= 11 is 0. The Bertz CT molecular complexity index is 412. The van der Waals surface area contributed by atoms with Gasteiger partial charge in [0.2, 0.25) is 5.91 Å². The molecule has 1 aliphatic rings. The molecular formula is C14H29ClN2O3S. The molecule has 7 heteroatoms. The van der Waals surface area contributed by atoms with Gasteiger partial charge in [-0.15, -0.1) is 12.4 Å². The molecule has 2 atom stereocenters. The standard InChI is InChI=1S/C14H28N2O3S.ClH/c1-3-4-5-9-20(18,19)11-14(17)16-8-6-7-13(10-16)12(2)15;/h12-13H,3-11,15H2,1-2H3;1H. The molecule has 126 valence electrons. The predicted molar refractivity (Wildman–Crippen MR) is 88.4 cm³/mol. The fourth-order valence-corrected chi connectivity index (χ4v) is 3.94. The van der Waals surface area contributed by atoms with Crippen LogP contribution in [-0.2, 0) is 14.6 Å². The van der Waals surface area contributed by atoms with Crippen molar-refractivity contribution >= 4 is 28.2 Å². The molecule has 2 N–H and O–H groups in total. The van der Waals surface area contributed by atoms with Crippen LogP contribution >= 0.6 is 12.4 Å². The van der Waals surface area contributed by atoms with E-state index in [1.165, 1.54) is 0 Å². The minimum atomic E-state index is -3.26. The lowest BCUT2D eigenvalue weighted by Crippen LogP contribution is -2.46. The zero-order valence-corrected chi connectivity index (χ0v) is 14.7. The first kappa shape index (κ1) is 20.7. The predicted octanol–water partition coefficient (Wildman–Crippen LogP) is 1.60. The van der Waals surface area contributed by atoms with Gasteiger partial charge in [-0.1, -0.05) is 19.8 Å². The first-order chi connectivity index (χ1) is 9.35. The van der Waals surface area contributed by atoms with Gasteiger partial charge in [0.1, 0.15) is 5.75 Å². The Hall–Kier alpha value is -0.330. The highest BCUT2D eigenvalue weighted by Crippen LogP contribution is 2.19. The Kier molecular flexibility index (Phi) is 9.49. The third-order valence-electron chi connectivity index (χ3n) is 3.96. The molecule has 0 aromatic carbocycles. The van der Waals surface area contributed by atoms with Gasteiger partial charge in [0, 0.05) is 19.1 Å². The molecule has 0 radical (unpaired) electrons. The van der Waals surface area contributed by atoms with Crippen molar-refractivity contribution in [2.75, 3.05) is 24.6 Å². The third-order valence-corrected chi connectivity index (χ3v) is 5.55. The number of amides is 1. The molecule has 0 saturated carbocycles. The van der Waals surface area contributed by atoms with Crippen LogP contribution in [0.25, 0.3) is 0 Å². The number of piperidine rings is 1. The van der Waals surface area contributed by atoms with Crippen LogP contribution in [0.2, 0.25) is 0 Å². The molecule has 1 rings (SSSR count). The topological polar surface area (TPSA) is 80.5 Å². The molecule has 0 aromatic heterocycles. The monoisotopic (exact) mass is 340 g/mol. The fraction of sp³-hybridized carbons (Fsp3) is 0.929. The maximum atomic E-state index is 12.1. The number of hydrogen-bond donors (Lipinski definition) is 1. The maximum Gasteiger partial charge on any atom is 0.237 e. The molecule has 1 amide bonds. The minimum Gasteiger partial charge on any atom is -0.341 e. The van der Waals surface area contributed by atoms with E-state index in [1.807, 2.05) is 13.8 Å². The largest absolute Gasteiger partial charge is 0.341 e. The zero-order chi connectivity index (χ0) is 15.2. The smallest absolute Gasteiger partial charge is 0.237 e. The summed E-state index contributed by atoms with van der Waals surface area (Å²) in [6.07, 6.45) is 4.45. The summed E-state index contributed by atoms with van der Waals surface area (Å²) in [5.41, 5.74) is 5.88. The van der Waals surface area contributed by atoms with E-state index in [0.29, 0.717) is 19.5 Å². The van der Waals surface area contributed by atoms with Crippen LogP contribution in [0.1, 0.15) is 46.0 Å². The van der Waals surface area contributed by atoms with Crippen molar-refractivity contribution < 1.29 is 13.2 Å². The van der Waals surface area contributed by atoms with Gasteiger partial charge in [-0.05, 0) is 32.1 Å². The Balaban J connectivity index is 0.00000400. The quantitative estimate of drug-likeness (QED) is 0.714. The average Bonchev–Trinajstić information content (AvgIpc) is 2.38. The van der Waals surface area contributed by atoms with Crippen molar-refractivity contribution in [3.05, 3.63) is 0 Å². The van der Waals surface area contributed by atoms with Crippen LogP contribution in [0.15, 0.2) is 0 Å². The van der Waals surface area contributed by atoms with Crippen molar-refractivity contribution in [1.29, 1.82) is 0 Å². The van der Waals surface area contributed by atoms with Crippen molar-refractivity contribution in [2.24, 2.45) is 11.7 Å². The van der Waals surface area contributed by atoms with E-state index in [2.05, 4.69) is 0 Å². The summed E-state index contributed by atoms with van der Waals surface area (Å²) in [5.74, 6) is -0.193. The van der Waals surface area contributed by atoms with Gasteiger partial charge >= 0.3 is 0 Å². The van der Waals surface area contributed by atoms with E-state index in [1.54, 1.807) is 4.90 Å². The van der Waals surface area contributed by atoms with E-state index in [4.69, 9.17) is 5.73 Å². The minimum absolute atomic E-state index is 0. The number of carbonyl (C=O) groups is 1. The third kappa shape index (κ3) is 7.47. The summed E-state index contributed by atoms with van der Waals surface area (Å²) in [6.45, 7) is 5.23. The molecule has 5 nitrogen and oxygen atoms in total. The molecule has 21 heavy (non-hydrogen) atoms. The summed E-state index contributed by atoms with van der Waals surface area (Å²) in [5, 5.41) is 0. The number of nitrogens with zero attached hydrogens (tertiary/aromatic N) is 1. The van der Waals surface area contributed by atoms with Crippen LogP contribution in [0.3, 0.4) is 0 Å². The van der Waals surface area contributed by atoms with Crippen molar-refractivity contribution in [1.82, 2.24) is 4.90 Å². The van der Waals surface area contributed by atoms with E-state index in [0.717, 1.165) is 25.7 Å². The van der Waals surface area contributed by atoms with E-state index < -0.39 is 9.84 Å². The van der Waals surface area contributed by atoms with E-state index in [9.17, 15) is 13.2 Å². The highest BCUT2D eigenvalue weighted by Gasteiger charge is 2.28. The number of sulfone groups is 1. The Morgan fingerprint density at radius 3 is 2.62 bits per heavy atom. The summed E-state index contributed by atoms with van der Waals surface area (Å²) in [4.78, 5) is 13.8. The van der Waals surface area contributed by atoms with Crippen molar-refractivity contribution in [3.8, 4) is 0 Å². The van der Waals surface area contributed by atoms with Crippen LogP contribution in [0.4, 0.5) is 0 Å². The molecule has 0 bridgehead atoms. The van der Waals surface area contributed by atoms with Gasteiger partial charge in [0.25, 0.3) is 0 Å². The lowest BCUT2D eigenvalue weighted by molar-refractivity contribution is -0.130. The normalized spacial score (nSPS) is 20.7. The maximum absolute atomic E-state index is 12.1. The summed E-state index contributed by atoms with van der Waals surface area (Å²) in [7, 11) is -3.26. The number of unbranched alkanes of at least 4 members (excludes halogenated alkanes) is 2. The molecule has 2 unspecified atom stereocenters. The number of hydrogen-bond acceptors (Lipinski definition) is 4. The summed E-state index contributed by atoms with van der Waals surface area (Å²) < 4.78 is 23.8. The van der Waals surface area contributed by atoms with Crippen LogP contribution in [-0.4, -0.2) is 49.9 Å². The molecule has 1 heterocycles. The fourth-order valence-electron chi connectivity index (χ4n) is 2.59. The van der Waals surface area contributed by atoms with Gasteiger partial charge in [0.05, 0.1) is 5.75 Å². The lowest BCUT2D eigenvalue weighted by atomic mass is 9.92. The van der Waals surface area contributed by atoms with Crippen LogP contribution in [0, 0.1) is 5.92 Å². The Morgan fingerprint density at radius 2 is 2.05 bits per heavy atom. The van der Waals surface area contributed by atoms with Gasteiger partial charge in [-0.2, -0.15) is 0 Å². The van der Waals surface area contributed by atoms with Gasteiger partial charge in [0.15, 0.2) is 9.84 Å². The number of rotatable bonds is 7. The van der Waals surface area contributed by atoms with Crippen molar-refractivity contribution in [2.45, 2.75) is 52.0 Å². The van der Waals surface area contributed by atoms with Gasteiger partial charge < -0.3 is 10.6 Å². The molecule has 0 spiro atoms. The second-order valence-corrected chi connectivity index (χ2v) is 8.08. The first-order valence-corrected chi connectivity index (χ1v) is 9.41. The van der Waals surface area contributed by atoms with E-state index >= 15 is 0 Å². The Morgan fingerprint density at radius 1 is 1.38 bits per heavy atom. The van der Waals surface area contributed by atoms with Gasteiger partial charge in [-0.25, -0.2) is 8.42 Å². The number of carbonyl (C=O) groups excluding carboxylic acids is 1. The molecular weight excluding hydrogens is 312 g/mol. The molecule has 0 aliphatic carbocycles. The highest BCUT2D eigenvalue weighted by molar-refractivity contribution is 7.92.